The predicted octanol–water partition coefficient (Wildman–Crippen LogP) is 3.47. The number of rotatable bonds is 8. The number of amides is 1. The number of carbonyl (C=O) groups excluding carboxylic acids is 1. The summed E-state index contributed by atoms with van der Waals surface area (Å²) in [6.07, 6.45) is 4.11. The minimum Gasteiger partial charge on any atom is -0.493 e. The van der Waals surface area contributed by atoms with Crippen LogP contribution in [-0.2, 0) is 11.2 Å². The summed E-state index contributed by atoms with van der Waals surface area (Å²) in [5.41, 5.74) is 2.09. The molecule has 4 nitrogen and oxygen atoms in total. The summed E-state index contributed by atoms with van der Waals surface area (Å²) >= 11 is 0. The summed E-state index contributed by atoms with van der Waals surface area (Å²) in [5, 5.41) is 2.88. The molecule has 2 aromatic carbocycles. The molecule has 0 aromatic heterocycles. The third kappa shape index (κ3) is 5.47. The molecule has 126 valence electrons. The summed E-state index contributed by atoms with van der Waals surface area (Å²) in [5.74, 6) is 1.24. The van der Waals surface area contributed by atoms with E-state index < -0.39 is 0 Å². The van der Waals surface area contributed by atoms with E-state index >= 15 is 0 Å². The summed E-state index contributed by atoms with van der Waals surface area (Å²) in [7, 11) is 1.60. The van der Waals surface area contributed by atoms with Gasteiger partial charge in [-0.05, 0) is 42.7 Å². The zero-order valence-electron chi connectivity index (χ0n) is 14.1. The van der Waals surface area contributed by atoms with Crippen LogP contribution in [0.2, 0.25) is 0 Å². The van der Waals surface area contributed by atoms with Gasteiger partial charge in [-0.25, -0.2) is 0 Å². The van der Waals surface area contributed by atoms with E-state index in [2.05, 4.69) is 17.4 Å². The maximum atomic E-state index is 11.9. The van der Waals surface area contributed by atoms with Crippen molar-refractivity contribution in [1.29, 1.82) is 0 Å². The Morgan fingerprint density at radius 2 is 1.92 bits per heavy atom. The van der Waals surface area contributed by atoms with Crippen molar-refractivity contribution in [2.45, 2.75) is 13.3 Å². The highest BCUT2D eigenvalue weighted by atomic mass is 16.5. The minimum atomic E-state index is -0.111. The highest BCUT2D eigenvalue weighted by Gasteiger charge is 2.04. The van der Waals surface area contributed by atoms with Crippen molar-refractivity contribution >= 4 is 12.0 Å². The number of hydrogen-bond acceptors (Lipinski definition) is 3. The fraction of sp³-hybridized carbons (Fsp3) is 0.250. The molecule has 0 spiro atoms. The van der Waals surface area contributed by atoms with Crippen LogP contribution in [-0.4, -0.2) is 26.2 Å². The van der Waals surface area contributed by atoms with Crippen LogP contribution in [0.4, 0.5) is 0 Å². The number of ether oxygens (including phenoxy) is 2. The Morgan fingerprint density at radius 1 is 1.12 bits per heavy atom. The second-order valence-electron chi connectivity index (χ2n) is 5.20. The summed E-state index contributed by atoms with van der Waals surface area (Å²) in [6.45, 7) is 3.09. The van der Waals surface area contributed by atoms with E-state index in [-0.39, 0.29) is 5.91 Å². The quantitative estimate of drug-likeness (QED) is 0.756. The first-order chi connectivity index (χ1) is 11.7. The second-order valence-corrected chi connectivity index (χ2v) is 5.20. The van der Waals surface area contributed by atoms with Gasteiger partial charge in [-0.15, -0.1) is 0 Å². The Morgan fingerprint density at radius 3 is 2.62 bits per heavy atom. The highest BCUT2D eigenvalue weighted by molar-refractivity contribution is 5.91. The minimum absolute atomic E-state index is 0.111. The van der Waals surface area contributed by atoms with Crippen molar-refractivity contribution in [1.82, 2.24) is 5.32 Å². The maximum Gasteiger partial charge on any atom is 0.244 e. The molecule has 0 aliphatic carbocycles. The van der Waals surface area contributed by atoms with E-state index in [1.807, 2.05) is 43.3 Å². The van der Waals surface area contributed by atoms with Gasteiger partial charge in [0.2, 0.25) is 5.91 Å². The monoisotopic (exact) mass is 325 g/mol. The van der Waals surface area contributed by atoms with Crippen LogP contribution < -0.4 is 14.8 Å². The zero-order valence-corrected chi connectivity index (χ0v) is 14.1. The molecular formula is C20H23NO3. The van der Waals surface area contributed by atoms with Gasteiger partial charge in [0.25, 0.3) is 0 Å². The van der Waals surface area contributed by atoms with E-state index in [1.54, 1.807) is 13.2 Å². The molecule has 0 bridgehead atoms. The van der Waals surface area contributed by atoms with Gasteiger partial charge in [-0.2, -0.15) is 0 Å². The topological polar surface area (TPSA) is 47.6 Å². The number of benzene rings is 2. The van der Waals surface area contributed by atoms with Crippen LogP contribution in [0.5, 0.6) is 11.5 Å². The molecule has 4 heteroatoms. The van der Waals surface area contributed by atoms with Crippen LogP contribution in [0, 0.1) is 0 Å². The Bertz CT molecular complexity index is 681. The lowest BCUT2D eigenvalue weighted by Gasteiger charge is -2.09. The third-order valence-corrected chi connectivity index (χ3v) is 3.47. The number of carbonyl (C=O) groups is 1. The predicted molar refractivity (Wildman–Crippen MR) is 96.4 cm³/mol. The molecule has 1 N–H and O–H groups in total. The molecule has 2 rings (SSSR count). The Labute approximate surface area is 143 Å². The van der Waals surface area contributed by atoms with Gasteiger partial charge in [0, 0.05) is 12.6 Å². The zero-order chi connectivity index (χ0) is 17.2. The molecule has 0 radical (unpaired) electrons. The number of nitrogens with one attached hydrogen (secondary N) is 1. The molecule has 24 heavy (non-hydrogen) atoms. The number of hydrogen-bond donors (Lipinski definition) is 1. The summed E-state index contributed by atoms with van der Waals surface area (Å²) in [4.78, 5) is 11.9. The van der Waals surface area contributed by atoms with Crippen LogP contribution in [0.15, 0.2) is 54.6 Å². The average Bonchev–Trinajstić information content (AvgIpc) is 2.61. The summed E-state index contributed by atoms with van der Waals surface area (Å²) < 4.78 is 10.8. The molecule has 0 aliphatic heterocycles. The van der Waals surface area contributed by atoms with Crippen molar-refractivity contribution in [3.05, 3.63) is 65.7 Å². The maximum absolute atomic E-state index is 11.9. The highest BCUT2D eigenvalue weighted by Crippen LogP contribution is 2.28. The van der Waals surface area contributed by atoms with Gasteiger partial charge in [-0.3, -0.25) is 4.79 Å². The molecule has 0 saturated heterocycles. The fourth-order valence-corrected chi connectivity index (χ4v) is 2.27. The van der Waals surface area contributed by atoms with Gasteiger partial charge in [0.05, 0.1) is 13.7 Å². The second kappa shape index (κ2) is 9.40. The van der Waals surface area contributed by atoms with Crippen molar-refractivity contribution in [2.24, 2.45) is 0 Å². The van der Waals surface area contributed by atoms with Gasteiger partial charge >= 0.3 is 0 Å². The smallest absolute Gasteiger partial charge is 0.244 e. The molecule has 0 atom stereocenters. The SMILES string of the molecule is CCOc1cc(/C=C/C(=O)NCCc2ccccc2)ccc1OC. The molecule has 0 fully saturated rings. The van der Waals surface area contributed by atoms with Crippen molar-refractivity contribution < 1.29 is 14.3 Å². The van der Waals surface area contributed by atoms with Crippen molar-refractivity contribution in [2.75, 3.05) is 20.3 Å². The van der Waals surface area contributed by atoms with Gasteiger partial charge in [-0.1, -0.05) is 36.4 Å². The molecule has 0 saturated carbocycles. The fourth-order valence-electron chi connectivity index (χ4n) is 2.27. The van der Waals surface area contributed by atoms with Gasteiger partial charge in [0.15, 0.2) is 11.5 Å². The first-order valence-corrected chi connectivity index (χ1v) is 8.03. The Kier molecular flexibility index (Phi) is 6.90. The van der Waals surface area contributed by atoms with Crippen LogP contribution in [0.1, 0.15) is 18.1 Å². The lowest BCUT2D eigenvalue weighted by molar-refractivity contribution is -0.116. The normalized spacial score (nSPS) is 10.6. The molecule has 0 aliphatic rings. The number of methoxy groups -OCH3 is 1. The lowest BCUT2D eigenvalue weighted by atomic mass is 10.1. The Hall–Kier alpha value is -2.75. The van der Waals surface area contributed by atoms with Crippen molar-refractivity contribution in [3.63, 3.8) is 0 Å². The molecule has 0 unspecified atom stereocenters. The van der Waals surface area contributed by atoms with Gasteiger partial charge in [0.1, 0.15) is 0 Å². The van der Waals surface area contributed by atoms with Crippen LogP contribution in [0.3, 0.4) is 0 Å². The molecule has 2 aromatic rings. The Balaban J connectivity index is 1.87. The van der Waals surface area contributed by atoms with E-state index in [4.69, 9.17) is 9.47 Å². The van der Waals surface area contributed by atoms with E-state index in [9.17, 15) is 4.79 Å². The van der Waals surface area contributed by atoms with E-state index in [0.717, 1.165) is 12.0 Å². The first-order valence-electron chi connectivity index (χ1n) is 8.03. The first kappa shape index (κ1) is 17.6. The van der Waals surface area contributed by atoms with Crippen LogP contribution in [0.25, 0.3) is 6.08 Å². The molecule has 1 amide bonds. The van der Waals surface area contributed by atoms with Gasteiger partial charge < -0.3 is 14.8 Å². The standard InChI is InChI=1S/C20H23NO3/c1-3-24-19-15-17(9-11-18(19)23-2)10-12-20(22)21-14-13-16-7-5-4-6-8-16/h4-12,15H,3,13-14H2,1-2H3,(H,21,22)/b12-10+. The van der Waals surface area contributed by atoms with E-state index in [1.165, 1.54) is 11.6 Å². The largest absolute Gasteiger partial charge is 0.493 e. The average molecular weight is 325 g/mol. The molecular weight excluding hydrogens is 302 g/mol. The lowest BCUT2D eigenvalue weighted by Crippen LogP contribution is -2.23. The van der Waals surface area contributed by atoms with Crippen LogP contribution >= 0.6 is 0 Å². The molecule has 0 heterocycles. The van der Waals surface area contributed by atoms with E-state index in [0.29, 0.717) is 24.7 Å². The van der Waals surface area contributed by atoms with Crippen molar-refractivity contribution in [3.8, 4) is 11.5 Å². The summed E-state index contributed by atoms with van der Waals surface area (Å²) in [6, 6.07) is 15.6. The third-order valence-electron chi connectivity index (χ3n) is 3.47.